The summed E-state index contributed by atoms with van der Waals surface area (Å²) < 4.78 is 13.1. The number of nitrogens with zero attached hydrogens (tertiary/aromatic N) is 1. The van der Waals surface area contributed by atoms with E-state index in [0.29, 0.717) is 18.5 Å². The van der Waals surface area contributed by atoms with Gasteiger partial charge in [-0.25, -0.2) is 4.39 Å². The van der Waals surface area contributed by atoms with Crippen molar-refractivity contribution in [2.45, 2.75) is 56.2 Å². The summed E-state index contributed by atoms with van der Waals surface area (Å²) in [6, 6.07) is 6.17. The number of likely N-dealkylation sites (tertiary alicyclic amines) is 1. The van der Waals surface area contributed by atoms with Crippen LogP contribution in [0.3, 0.4) is 0 Å². The summed E-state index contributed by atoms with van der Waals surface area (Å²) in [6.45, 7) is 1.44. The standard InChI is InChI=1S/C18H26FN3O2/c19-13-5-7-14(8-6-13)21-18(17(20)24)9-11-22(12-10-18)15-3-1-2-4-16(15)23/h5-8,15-16,21,23H,1-4,9-12H2,(H2,20,24)/t15-,16-/m0/s1. The summed E-state index contributed by atoms with van der Waals surface area (Å²) in [5.41, 5.74) is 5.57. The molecular formula is C18H26FN3O2. The number of hydrogen-bond acceptors (Lipinski definition) is 4. The Balaban J connectivity index is 1.67. The quantitative estimate of drug-likeness (QED) is 0.785. The molecule has 2 aliphatic rings. The predicted octanol–water partition coefficient (Wildman–Crippen LogP) is 1.86. The van der Waals surface area contributed by atoms with Gasteiger partial charge in [-0.3, -0.25) is 9.69 Å². The maximum Gasteiger partial charge on any atom is 0.243 e. The molecule has 0 unspecified atom stereocenters. The molecule has 1 saturated carbocycles. The van der Waals surface area contributed by atoms with Gasteiger partial charge in [-0.15, -0.1) is 0 Å². The maximum absolute atomic E-state index is 13.1. The summed E-state index contributed by atoms with van der Waals surface area (Å²) in [6.07, 6.45) is 5.00. The van der Waals surface area contributed by atoms with Crippen molar-refractivity contribution in [1.29, 1.82) is 0 Å². The number of aliphatic hydroxyl groups is 1. The number of anilines is 1. The summed E-state index contributed by atoms with van der Waals surface area (Å²) in [5, 5.41) is 13.5. The first-order valence-corrected chi connectivity index (χ1v) is 8.76. The second kappa shape index (κ2) is 7.07. The van der Waals surface area contributed by atoms with Crippen molar-refractivity contribution in [3.8, 4) is 0 Å². The van der Waals surface area contributed by atoms with Gasteiger partial charge in [0.1, 0.15) is 11.4 Å². The summed E-state index contributed by atoms with van der Waals surface area (Å²) >= 11 is 0. The Morgan fingerprint density at radius 1 is 1.21 bits per heavy atom. The highest BCUT2D eigenvalue weighted by Gasteiger charge is 2.42. The third-order valence-corrected chi connectivity index (χ3v) is 5.51. The van der Waals surface area contributed by atoms with Gasteiger partial charge in [0.25, 0.3) is 0 Å². The number of nitrogens with two attached hydrogens (primary N) is 1. The van der Waals surface area contributed by atoms with Crippen LogP contribution in [0, 0.1) is 5.82 Å². The first kappa shape index (κ1) is 17.2. The number of rotatable bonds is 4. The van der Waals surface area contributed by atoms with Crippen LogP contribution in [-0.2, 0) is 4.79 Å². The topological polar surface area (TPSA) is 78.6 Å². The Morgan fingerprint density at radius 3 is 2.42 bits per heavy atom. The van der Waals surface area contributed by atoms with E-state index in [9.17, 15) is 14.3 Å². The van der Waals surface area contributed by atoms with Gasteiger partial charge in [-0.05, 0) is 49.9 Å². The molecule has 1 heterocycles. The number of piperidine rings is 1. The molecule has 0 spiro atoms. The summed E-state index contributed by atoms with van der Waals surface area (Å²) in [4.78, 5) is 14.4. The predicted molar refractivity (Wildman–Crippen MR) is 91.0 cm³/mol. The van der Waals surface area contributed by atoms with Crippen LogP contribution in [0.2, 0.25) is 0 Å². The fourth-order valence-electron chi connectivity index (χ4n) is 4.00. The van der Waals surface area contributed by atoms with E-state index in [1.165, 1.54) is 12.1 Å². The van der Waals surface area contributed by atoms with Crippen molar-refractivity contribution in [3.05, 3.63) is 30.1 Å². The molecule has 132 valence electrons. The van der Waals surface area contributed by atoms with E-state index in [2.05, 4.69) is 10.2 Å². The van der Waals surface area contributed by atoms with E-state index in [1.54, 1.807) is 12.1 Å². The second-order valence-corrected chi connectivity index (χ2v) is 7.03. The van der Waals surface area contributed by atoms with Crippen molar-refractivity contribution in [2.24, 2.45) is 5.73 Å². The Labute approximate surface area is 142 Å². The SMILES string of the molecule is NC(=O)C1(Nc2ccc(F)cc2)CCN([C@H]2CCCC[C@@H]2O)CC1. The largest absolute Gasteiger partial charge is 0.391 e. The molecule has 4 N–H and O–H groups in total. The second-order valence-electron chi connectivity index (χ2n) is 7.03. The lowest BCUT2D eigenvalue weighted by Gasteiger charge is -2.45. The van der Waals surface area contributed by atoms with Gasteiger partial charge in [0.2, 0.25) is 5.91 Å². The molecule has 1 aromatic carbocycles. The Hall–Kier alpha value is -1.66. The molecular weight excluding hydrogens is 309 g/mol. The third-order valence-electron chi connectivity index (χ3n) is 5.51. The van der Waals surface area contributed by atoms with Crippen molar-refractivity contribution in [1.82, 2.24) is 4.90 Å². The Bertz CT molecular complexity index is 570. The van der Waals surface area contributed by atoms with E-state index in [1.807, 2.05) is 0 Å². The van der Waals surface area contributed by atoms with Gasteiger partial charge in [-0.2, -0.15) is 0 Å². The highest BCUT2D eigenvalue weighted by molar-refractivity contribution is 5.88. The highest BCUT2D eigenvalue weighted by Crippen LogP contribution is 2.31. The molecule has 2 atom stereocenters. The van der Waals surface area contributed by atoms with Gasteiger partial charge in [0.05, 0.1) is 6.10 Å². The lowest BCUT2D eigenvalue weighted by molar-refractivity contribution is -0.124. The molecule has 1 aliphatic carbocycles. The third kappa shape index (κ3) is 3.54. The van der Waals surface area contributed by atoms with Crippen LogP contribution < -0.4 is 11.1 Å². The van der Waals surface area contributed by atoms with Crippen molar-refractivity contribution in [2.75, 3.05) is 18.4 Å². The molecule has 0 radical (unpaired) electrons. The zero-order valence-electron chi connectivity index (χ0n) is 13.9. The minimum absolute atomic E-state index is 0.190. The summed E-state index contributed by atoms with van der Waals surface area (Å²) in [5.74, 6) is -0.689. The monoisotopic (exact) mass is 335 g/mol. The van der Waals surface area contributed by atoms with E-state index in [-0.39, 0.29) is 23.9 Å². The average molecular weight is 335 g/mol. The van der Waals surface area contributed by atoms with Crippen LogP contribution in [0.15, 0.2) is 24.3 Å². The fourth-order valence-corrected chi connectivity index (χ4v) is 4.00. The van der Waals surface area contributed by atoms with Crippen LogP contribution >= 0.6 is 0 Å². The number of hydrogen-bond donors (Lipinski definition) is 3. The molecule has 24 heavy (non-hydrogen) atoms. The molecule has 3 rings (SSSR count). The molecule has 1 aromatic rings. The normalized spacial score (nSPS) is 27.6. The minimum atomic E-state index is -0.812. The molecule has 1 aliphatic heterocycles. The van der Waals surface area contributed by atoms with Gasteiger partial charge >= 0.3 is 0 Å². The molecule has 2 fully saturated rings. The van der Waals surface area contributed by atoms with Crippen molar-refractivity contribution in [3.63, 3.8) is 0 Å². The molecule has 1 saturated heterocycles. The highest BCUT2D eigenvalue weighted by atomic mass is 19.1. The number of halogens is 1. The summed E-state index contributed by atoms with van der Waals surface area (Å²) in [7, 11) is 0. The molecule has 6 heteroatoms. The van der Waals surface area contributed by atoms with Crippen LogP contribution in [-0.4, -0.2) is 46.7 Å². The van der Waals surface area contributed by atoms with E-state index in [4.69, 9.17) is 5.73 Å². The Kier molecular flexibility index (Phi) is 5.06. The van der Waals surface area contributed by atoms with Crippen LogP contribution in [0.4, 0.5) is 10.1 Å². The van der Waals surface area contributed by atoms with Crippen molar-refractivity contribution < 1.29 is 14.3 Å². The smallest absolute Gasteiger partial charge is 0.243 e. The number of primary amides is 1. The number of amides is 1. The minimum Gasteiger partial charge on any atom is -0.391 e. The van der Waals surface area contributed by atoms with Gasteiger partial charge in [0, 0.05) is 24.8 Å². The van der Waals surface area contributed by atoms with Crippen LogP contribution in [0.5, 0.6) is 0 Å². The van der Waals surface area contributed by atoms with E-state index in [0.717, 1.165) is 38.8 Å². The van der Waals surface area contributed by atoms with Crippen LogP contribution in [0.1, 0.15) is 38.5 Å². The zero-order chi connectivity index (χ0) is 17.2. The number of benzene rings is 1. The number of nitrogens with one attached hydrogen (secondary N) is 1. The van der Waals surface area contributed by atoms with Gasteiger partial charge < -0.3 is 16.2 Å². The lowest BCUT2D eigenvalue weighted by Crippen LogP contribution is -2.59. The number of carbonyl (C=O) groups is 1. The lowest BCUT2D eigenvalue weighted by atomic mass is 9.83. The average Bonchev–Trinajstić information content (AvgIpc) is 2.58. The first-order valence-electron chi connectivity index (χ1n) is 8.76. The van der Waals surface area contributed by atoms with E-state index >= 15 is 0 Å². The van der Waals surface area contributed by atoms with Gasteiger partial charge in [-0.1, -0.05) is 12.8 Å². The van der Waals surface area contributed by atoms with Crippen LogP contribution in [0.25, 0.3) is 0 Å². The fraction of sp³-hybridized carbons (Fsp3) is 0.611. The van der Waals surface area contributed by atoms with Gasteiger partial charge in [0.15, 0.2) is 0 Å². The maximum atomic E-state index is 13.1. The number of aliphatic hydroxyl groups excluding tert-OH is 1. The molecule has 0 aromatic heterocycles. The number of carbonyl (C=O) groups excluding carboxylic acids is 1. The molecule has 0 bridgehead atoms. The van der Waals surface area contributed by atoms with E-state index < -0.39 is 5.54 Å². The first-order chi connectivity index (χ1) is 11.5. The Morgan fingerprint density at radius 2 is 1.83 bits per heavy atom. The van der Waals surface area contributed by atoms with Crippen molar-refractivity contribution >= 4 is 11.6 Å². The zero-order valence-corrected chi connectivity index (χ0v) is 13.9. The molecule has 5 nitrogen and oxygen atoms in total. The molecule has 1 amide bonds.